The lowest BCUT2D eigenvalue weighted by atomic mass is 10.2. The summed E-state index contributed by atoms with van der Waals surface area (Å²) < 4.78 is 0. The number of carbonyl (C=O) groups is 2. The molecule has 2 aromatic rings. The van der Waals surface area contributed by atoms with Gasteiger partial charge in [-0.05, 0) is 12.1 Å². The Bertz CT molecular complexity index is 799. The minimum atomic E-state index is -0.0860. The van der Waals surface area contributed by atoms with Crippen molar-refractivity contribution < 1.29 is 9.59 Å². The molecule has 4 rings (SSSR count). The molecule has 0 atom stereocenters. The van der Waals surface area contributed by atoms with Crippen LogP contribution in [0.4, 0.5) is 11.8 Å². The molecule has 2 aromatic heterocycles. The van der Waals surface area contributed by atoms with Crippen LogP contribution < -0.4 is 9.80 Å². The van der Waals surface area contributed by atoms with Gasteiger partial charge >= 0.3 is 0 Å². The molecule has 4 heterocycles. The Morgan fingerprint density at radius 2 is 1.54 bits per heavy atom. The molecule has 0 radical (unpaired) electrons. The van der Waals surface area contributed by atoms with E-state index in [0.29, 0.717) is 37.7 Å². The molecule has 9 heteroatoms. The van der Waals surface area contributed by atoms with Crippen molar-refractivity contribution in [2.24, 2.45) is 0 Å². The van der Waals surface area contributed by atoms with Gasteiger partial charge in [0.15, 0.2) is 0 Å². The Kier molecular flexibility index (Phi) is 5.31. The molecule has 0 aromatic carbocycles. The van der Waals surface area contributed by atoms with Crippen LogP contribution in [0.5, 0.6) is 0 Å². The highest BCUT2D eigenvalue weighted by Crippen LogP contribution is 2.16. The summed E-state index contributed by atoms with van der Waals surface area (Å²) in [6, 6.07) is 5.92. The lowest BCUT2D eigenvalue weighted by Crippen LogP contribution is -2.48. The van der Waals surface area contributed by atoms with E-state index in [9.17, 15) is 9.59 Å². The second kappa shape index (κ2) is 8.20. The van der Waals surface area contributed by atoms with E-state index in [1.165, 1.54) is 0 Å². The van der Waals surface area contributed by atoms with Crippen LogP contribution in [0, 0.1) is 0 Å². The lowest BCUT2D eigenvalue weighted by molar-refractivity contribution is -0.119. The van der Waals surface area contributed by atoms with E-state index >= 15 is 0 Å². The van der Waals surface area contributed by atoms with Gasteiger partial charge in [0.2, 0.25) is 12.4 Å². The fraction of sp³-hybridized carbons (Fsp3) is 0.421. The average molecular weight is 381 g/mol. The fourth-order valence-electron chi connectivity index (χ4n) is 3.48. The standard InChI is InChI=1S/C19H23N7O2/c27-15-23-5-7-25(8-6-23)18(28)16-13-21-19(22-14-16)26-11-9-24(10-12-26)17-3-1-2-4-20-17/h1-4,13-15H,5-12H2. The van der Waals surface area contributed by atoms with Crippen LogP contribution in [0.15, 0.2) is 36.8 Å². The zero-order chi connectivity index (χ0) is 19.3. The normalized spacial score (nSPS) is 17.6. The van der Waals surface area contributed by atoms with Crippen molar-refractivity contribution >= 4 is 24.1 Å². The molecular formula is C19H23N7O2. The van der Waals surface area contributed by atoms with Gasteiger partial charge in [-0.15, -0.1) is 0 Å². The number of nitrogens with zero attached hydrogens (tertiary/aromatic N) is 7. The second-order valence-corrected chi connectivity index (χ2v) is 6.87. The third-order valence-corrected chi connectivity index (χ3v) is 5.17. The Morgan fingerprint density at radius 3 is 2.14 bits per heavy atom. The first-order valence-corrected chi connectivity index (χ1v) is 9.46. The number of hydrogen-bond donors (Lipinski definition) is 0. The summed E-state index contributed by atoms with van der Waals surface area (Å²) in [4.78, 5) is 44.4. The van der Waals surface area contributed by atoms with E-state index < -0.39 is 0 Å². The molecule has 0 aliphatic carbocycles. The second-order valence-electron chi connectivity index (χ2n) is 6.87. The highest BCUT2D eigenvalue weighted by atomic mass is 16.2. The predicted molar refractivity (Wildman–Crippen MR) is 104 cm³/mol. The van der Waals surface area contributed by atoms with Gasteiger partial charge in [-0.2, -0.15) is 0 Å². The number of pyridine rings is 1. The summed E-state index contributed by atoms with van der Waals surface area (Å²) in [6.07, 6.45) is 5.83. The summed E-state index contributed by atoms with van der Waals surface area (Å²) in [5.74, 6) is 1.54. The third-order valence-electron chi connectivity index (χ3n) is 5.17. The van der Waals surface area contributed by atoms with Crippen LogP contribution in [0.25, 0.3) is 0 Å². The van der Waals surface area contributed by atoms with Crippen molar-refractivity contribution in [3.05, 3.63) is 42.4 Å². The van der Waals surface area contributed by atoms with Crippen molar-refractivity contribution in [1.29, 1.82) is 0 Å². The van der Waals surface area contributed by atoms with Crippen molar-refractivity contribution in [1.82, 2.24) is 24.8 Å². The average Bonchev–Trinajstić information content (AvgIpc) is 2.79. The maximum atomic E-state index is 12.6. The van der Waals surface area contributed by atoms with E-state index in [2.05, 4.69) is 24.8 Å². The van der Waals surface area contributed by atoms with Crippen molar-refractivity contribution in [3.63, 3.8) is 0 Å². The molecule has 0 bridgehead atoms. The minimum Gasteiger partial charge on any atom is -0.353 e. The number of anilines is 2. The Labute approximate surface area is 163 Å². The molecule has 9 nitrogen and oxygen atoms in total. The highest BCUT2D eigenvalue weighted by Gasteiger charge is 2.23. The van der Waals surface area contributed by atoms with Crippen LogP contribution >= 0.6 is 0 Å². The number of amides is 2. The van der Waals surface area contributed by atoms with E-state index in [-0.39, 0.29) is 5.91 Å². The van der Waals surface area contributed by atoms with Crippen molar-refractivity contribution in [2.45, 2.75) is 0 Å². The summed E-state index contributed by atoms with van der Waals surface area (Å²) in [7, 11) is 0. The quantitative estimate of drug-likeness (QED) is 0.695. The molecule has 0 unspecified atom stereocenters. The Morgan fingerprint density at radius 1 is 0.857 bits per heavy atom. The van der Waals surface area contributed by atoms with Gasteiger partial charge in [0.1, 0.15) is 5.82 Å². The number of piperazine rings is 2. The van der Waals surface area contributed by atoms with Gasteiger partial charge in [-0.3, -0.25) is 9.59 Å². The van der Waals surface area contributed by atoms with Crippen LogP contribution in [-0.4, -0.2) is 89.4 Å². The third kappa shape index (κ3) is 3.88. The number of hydrogen-bond acceptors (Lipinski definition) is 7. The largest absolute Gasteiger partial charge is 0.353 e. The minimum absolute atomic E-state index is 0.0860. The molecule has 0 N–H and O–H groups in total. The molecular weight excluding hydrogens is 358 g/mol. The first-order chi connectivity index (χ1) is 13.7. The van der Waals surface area contributed by atoms with E-state index in [1.54, 1.807) is 28.4 Å². The molecule has 2 fully saturated rings. The molecule has 0 spiro atoms. The maximum Gasteiger partial charge on any atom is 0.257 e. The molecule has 2 saturated heterocycles. The number of carbonyl (C=O) groups excluding carboxylic acids is 2. The predicted octanol–water partition coefficient (Wildman–Crippen LogP) is 0.112. The topological polar surface area (TPSA) is 85.8 Å². The SMILES string of the molecule is O=CN1CCN(C(=O)c2cnc(N3CCN(c4ccccn4)CC3)nc2)CC1. The molecule has 2 amide bonds. The zero-order valence-electron chi connectivity index (χ0n) is 15.6. The van der Waals surface area contributed by atoms with E-state index in [1.807, 2.05) is 18.2 Å². The first kappa shape index (κ1) is 18.1. The lowest BCUT2D eigenvalue weighted by Gasteiger charge is -2.35. The van der Waals surface area contributed by atoms with Crippen LogP contribution in [0.3, 0.4) is 0 Å². The van der Waals surface area contributed by atoms with Gasteiger partial charge in [0.25, 0.3) is 5.91 Å². The Hall–Kier alpha value is -3.23. The van der Waals surface area contributed by atoms with Gasteiger partial charge in [0.05, 0.1) is 5.56 Å². The monoisotopic (exact) mass is 381 g/mol. The molecule has 0 saturated carbocycles. The van der Waals surface area contributed by atoms with E-state index in [0.717, 1.165) is 38.4 Å². The van der Waals surface area contributed by atoms with Crippen LogP contribution in [0.2, 0.25) is 0 Å². The summed E-state index contributed by atoms with van der Waals surface area (Å²) in [6.45, 7) is 5.51. The maximum absolute atomic E-state index is 12.6. The van der Waals surface area contributed by atoms with Gasteiger partial charge < -0.3 is 19.6 Å². The van der Waals surface area contributed by atoms with Gasteiger partial charge in [-0.25, -0.2) is 15.0 Å². The first-order valence-electron chi connectivity index (χ1n) is 9.46. The molecule has 2 aliphatic heterocycles. The smallest absolute Gasteiger partial charge is 0.257 e. The number of aromatic nitrogens is 3. The Balaban J connectivity index is 1.34. The highest BCUT2D eigenvalue weighted by molar-refractivity contribution is 5.93. The van der Waals surface area contributed by atoms with Gasteiger partial charge in [0, 0.05) is 70.9 Å². The molecule has 2 aliphatic rings. The fourth-order valence-corrected chi connectivity index (χ4v) is 3.48. The molecule has 146 valence electrons. The summed E-state index contributed by atoms with van der Waals surface area (Å²) in [5.41, 5.74) is 0.482. The van der Waals surface area contributed by atoms with Crippen molar-refractivity contribution in [3.8, 4) is 0 Å². The van der Waals surface area contributed by atoms with Crippen LogP contribution in [0.1, 0.15) is 10.4 Å². The summed E-state index contributed by atoms with van der Waals surface area (Å²) in [5, 5.41) is 0. The number of rotatable bonds is 4. The van der Waals surface area contributed by atoms with Crippen LogP contribution in [-0.2, 0) is 4.79 Å². The van der Waals surface area contributed by atoms with Gasteiger partial charge in [-0.1, -0.05) is 6.07 Å². The zero-order valence-corrected chi connectivity index (χ0v) is 15.6. The van der Waals surface area contributed by atoms with Crippen molar-refractivity contribution in [2.75, 3.05) is 62.2 Å². The molecule has 28 heavy (non-hydrogen) atoms. The van der Waals surface area contributed by atoms with E-state index in [4.69, 9.17) is 0 Å². The summed E-state index contributed by atoms with van der Waals surface area (Å²) >= 11 is 0.